The molecule has 7 atom stereocenters. The number of ether oxygens (including phenoxy) is 2. The van der Waals surface area contributed by atoms with Gasteiger partial charge in [-0.1, -0.05) is 36.7 Å². The number of aryl methyl sites for hydroxylation is 1. The summed E-state index contributed by atoms with van der Waals surface area (Å²) in [5.41, 5.74) is 3.90. The van der Waals surface area contributed by atoms with Gasteiger partial charge in [-0.25, -0.2) is 4.21 Å². The molecule has 2 aliphatic heterocycles. The number of amides is 1. The van der Waals surface area contributed by atoms with Crippen LogP contribution in [-0.4, -0.2) is 55.1 Å². The van der Waals surface area contributed by atoms with Gasteiger partial charge in [0.15, 0.2) is 0 Å². The molecule has 43 heavy (non-hydrogen) atoms. The molecule has 1 saturated carbocycles. The van der Waals surface area contributed by atoms with Gasteiger partial charge in [-0.15, -0.1) is 0 Å². The molecule has 0 radical (unpaired) electrons. The van der Waals surface area contributed by atoms with E-state index < -0.39 is 11.0 Å². The van der Waals surface area contributed by atoms with Crippen molar-refractivity contribution in [2.45, 2.75) is 69.1 Å². The lowest BCUT2D eigenvalue weighted by molar-refractivity contribution is -0.0980. The average Bonchev–Trinajstić information content (AvgIpc) is 3.15. The number of carbonyl (C=O) groups excluding carboxylic acids is 2. The molecule has 6 unspecified atom stereocenters. The molecular weight excluding hydrogens is 584 g/mol. The monoisotopic (exact) mass is 626 g/mol. The van der Waals surface area contributed by atoms with Crippen molar-refractivity contribution in [1.29, 1.82) is 0 Å². The topological polar surface area (TPSA) is 84.9 Å². The molecule has 0 aromatic heterocycles. The first kappa shape index (κ1) is 31.7. The summed E-state index contributed by atoms with van der Waals surface area (Å²) < 4.78 is 28.5. The molecule has 6 rings (SSSR count). The Morgan fingerprint density at radius 1 is 1.16 bits per heavy atom. The van der Waals surface area contributed by atoms with Crippen LogP contribution in [0.5, 0.6) is 5.75 Å². The maximum atomic E-state index is 13.3. The van der Waals surface area contributed by atoms with Crippen LogP contribution in [-0.2, 0) is 32.4 Å². The molecule has 1 spiro atoms. The second kappa shape index (κ2) is 13.5. The quantitative estimate of drug-likeness (QED) is 0.388. The number of rotatable bonds is 1. The molecule has 2 bridgehead atoms. The summed E-state index contributed by atoms with van der Waals surface area (Å²) in [6.45, 7) is 8.27. The van der Waals surface area contributed by atoms with Crippen molar-refractivity contribution in [1.82, 2.24) is 4.72 Å². The summed E-state index contributed by atoms with van der Waals surface area (Å²) in [4.78, 5) is 23.8. The Labute approximate surface area is 262 Å². The van der Waals surface area contributed by atoms with Crippen molar-refractivity contribution in [2.75, 3.05) is 31.7 Å². The van der Waals surface area contributed by atoms with E-state index in [9.17, 15) is 9.00 Å². The highest BCUT2D eigenvalue weighted by atomic mass is 35.5. The van der Waals surface area contributed by atoms with E-state index in [0.29, 0.717) is 24.0 Å². The maximum absolute atomic E-state index is 13.3. The van der Waals surface area contributed by atoms with E-state index >= 15 is 0 Å². The van der Waals surface area contributed by atoms with Gasteiger partial charge in [0.05, 0.1) is 23.6 Å². The summed E-state index contributed by atoms with van der Waals surface area (Å²) in [7, 11) is 0.305. The molecule has 232 valence electrons. The fraction of sp³-hybridized carbons (Fsp3) is 0.529. The number of methoxy groups -OCH3 is 1. The van der Waals surface area contributed by atoms with Gasteiger partial charge in [-0.3, -0.25) is 9.52 Å². The first-order valence-corrected chi connectivity index (χ1v) is 16.9. The average molecular weight is 627 g/mol. The number of benzene rings is 2. The van der Waals surface area contributed by atoms with E-state index in [1.165, 1.54) is 11.1 Å². The smallest absolute Gasteiger partial charge is 0.263 e. The molecular formula is C34H43ClN2O5S. The van der Waals surface area contributed by atoms with Gasteiger partial charge in [-0.2, -0.15) is 0 Å². The molecule has 0 saturated heterocycles. The van der Waals surface area contributed by atoms with Crippen molar-refractivity contribution in [3.05, 3.63) is 70.3 Å². The second-order valence-corrected chi connectivity index (χ2v) is 14.5. The van der Waals surface area contributed by atoms with E-state index in [1.807, 2.05) is 31.9 Å². The molecule has 7 nitrogen and oxygen atoms in total. The van der Waals surface area contributed by atoms with Gasteiger partial charge in [0, 0.05) is 36.2 Å². The number of hydrogen-bond donors (Lipinski definition) is 1. The highest BCUT2D eigenvalue weighted by Crippen LogP contribution is 2.47. The number of nitrogens with zero attached hydrogens (tertiary/aromatic N) is 1. The number of carbonyl (C=O) groups is 2. The van der Waals surface area contributed by atoms with Crippen LogP contribution in [0.3, 0.4) is 0 Å². The third-order valence-corrected chi connectivity index (χ3v) is 11.9. The standard InChI is InChI=1S/C33H41ClN2O4S.CH2O/c1-21-6-4-8-30(39-3)27-12-9-25(27)18-36-19-33(15-5-7-23-16-26(34)11-13-28(23)33)20-40-31-14-10-24(17-29(31)36)32(37)35-41(38)22(21)2;1-2/h4,8,10-11,13-14,16-17,21-22,25,27,30H,5-7,9,12,15,18-20H2,1-3H3,(H,35,37);1H2/b8-4+;/t21?,22?,25?,27?,30?,33-,41?;/m0./s1. The van der Waals surface area contributed by atoms with E-state index in [1.54, 1.807) is 13.2 Å². The highest BCUT2D eigenvalue weighted by molar-refractivity contribution is 7.84. The third kappa shape index (κ3) is 6.43. The van der Waals surface area contributed by atoms with Crippen LogP contribution in [0.25, 0.3) is 0 Å². The van der Waals surface area contributed by atoms with Crippen LogP contribution in [0, 0.1) is 17.8 Å². The highest BCUT2D eigenvalue weighted by Gasteiger charge is 2.44. The lowest BCUT2D eigenvalue weighted by Crippen LogP contribution is -2.49. The van der Waals surface area contributed by atoms with Gasteiger partial charge < -0.3 is 19.2 Å². The van der Waals surface area contributed by atoms with Crippen LogP contribution in [0.1, 0.15) is 67.4 Å². The molecule has 9 heteroatoms. The Hall–Kier alpha value is -2.68. The number of halogens is 1. The van der Waals surface area contributed by atoms with Crippen LogP contribution >= 0.6 is 11.6 Å². The van der Waals surface area contributed by atoms with Crippen LogP contribution in [0.15, 0.2) is 48.6 Å². The number of hydrogen-bond acceptors (Lipinski definition) is 6. The maximum Gasteiger partial charge on any atom is 0.263 e. The van der Waals surface area contributed by atoms with E-state index in [-0.39, 0.29) is 28.6 Å². The Morgan fingerprint density at radius 2 is 1.98 bits per heavy atom. The molecule has 1 fully saturated rings. The summed E-state index contributed by atoms with van der Waals surface area (Å²) in [5.74, 6) is 1.53. The zero-order valence-corrected chi connectivity index (χ0v) is 26.9. The Balaban J connectivity index is 0.00000180. The van der Waals surface area contributed by atoms with Gasteiger partial charge >= 0.3 is 0 Å². The molecule has 2 aromatic carbocycles. The number of fused-ring (bicyclic) bond motifs is 4. The number of nitrogens with one attached hydrogen (secondary N) is 1. The summed E-state index contributed by atoms with van der Waals surface area (Å²) in [5, 5.41) is 0.589. The lowest BCUT2D eigenvalue weighted by atomic mass is 9.68. The SMILES string of the molecule is C=O.COC1/C=C/CC(C)C(C)S(=O)NC(=O)c2ccc3c(c2)N(CC2CCC21)C[C@@]1(CCCc2cc(Cl)ccc21)CO3. The summed E-state index contributed by atoms with van der Waals surface area (Å²) >= 11 is 6.41. The van der Waals surface area contributed by atoms with Crippen molar-refractivity contribution >= 4 is 41.0 Å². The zero-order chi connectivity index (χ0) is 30.7. The Bertz CT molecular complexity index is 1380. The second-order valence-electron chi connectivity index (χ2n) is 12.6. The summed E-state index contributed by atoms with van der Waals surface area (Å²) in [6, 6.07) is 12.0. The van der Waals surface area contributed by atoms with Crippen molar-refractivity contribution in [3.8, 4) is 5.75 Å². The summed E-state index contributed by atoms with van der Waals surface area (Å²) in [6.07, 6.45) is 10.6. The predicted octanol–water partition coefficient (Wildman–Crippen LogP) is 6.05. The van der Waals surface area contributed by atoms with E-state index in [2.05, 4.69) is 40.8 Å². The predicted molar refractivity (Wildman–Crippen MR) is 172 cm³/mol. The first-order valence-electron chi connectivity index (χ1n) is 15.3. The van der Waals surface area contributed by atoms with Crippen LogP contribution in [0.4, 0.5) is 5.69 Å². The van der Waals surface area contributed by atoms with Gasteiger partial charge in [0.2, 0.25) is 0 Å². The lowest BCUT2D eigenvalue weighted by Gasteiger charge is -2.46. The molecule has 2 aliphatic carbocycles. The number of allylic oxidation sites excluding steroid dienone is 1. The Morgan fingerprint density at radius 3 is 2.72 bits per heavy atom. The van der Waals surface area contributed by atoms with Gasteiger partial charge in [0.1, 0.15) is 23.5 Å². The number of anilines is 1. The minimum absolute atomic E-state index is 0.0508. The minimum atomic E-state index is -1.50. The van der Waals surface area contributed by atoms with Gasteiger partial charge in [-0.05, 0) is 105 Å². The fourth-order valence-corrected chi connectivity index (χ4v) is 8.48. The Kier molecular flexibility index (Phi) is 9.99. The molecule has 1 amide bonds. The van der Waals surface area contributed by atoms with E-state index in [4.69, 9.17) is 25.9 Å². The van der Waals surface area contributed by atoms with Crippen LogP contribution < -0.4 is 14.4 Å². The van der Waals surface area contributed by atoms with Gasteiger partial charge in [0.25, 0.3) is 5.91 Å². The molecule has 2 heterocycles. The molecule has 2 aromatic rings. The largest absolute Gasteiger partial charge is 0.490 e. The molecule has 4 aliphatic rings. The van der Waals surface area contributed by atoms with Crippen LogP contribution in [0.2, 0.25) is 5.02 Å². The van der Waals surface area contributed by atoms with Crippen molar-refractivity contribution < 1.29 is 23.3 Å². The first-order chi connectivity index (χ1) is 20.8. The fourth-order valence-electron chi connectivity index (χ4n) is 7.26. The zero-order valence-electron chi connectivity index (χ0n) is 25.4. The normalized spacial score (nSPS) is 32.8. The minimum Gasteiger partial charge on any atom is -0.490 e. The van der Waals surface area contributed by atoms with Crippen molar-refractivity contribution in [2.24, 2.45) is 17.8 Å². The third-order valence-electron chi connectivity index (χ3n) is 10.1. The van der Waals surface area contributed by atoms with E-state index in [0.717, 1.165) is 68.1 Å². The van der Waals surface area contributed by atoms with Crippen molar-refractivity contribution in [3.63, 3.8) is 0 Å². The molecule has 1 N–H and O–H groups in total.